The fourth-order valence-corrected chi connectivity index (χ4v) is 2.36. The van der Waals surface area contributed by atoms with Crippen LogP contribution in [0.2, 0.25) is 0 Å². The van der Waals surface area contributed by atoms with Crippen molar-refractivity contribution >= 4 is 27.8 Å². The number of amides is 1. The minimum Gasteiger partial charge on any atom is -0.481 e. The number of hydrogen-bond donors (Lipinski definition) is 2. The molecule has 0 saturated carbocycles. The van der Waals surface area contributed by atoms with Crippen molar-refractivity contribution in [2.45, 2.75) is 20.3 Å². The molecule has 0 aliphatic heterocycles. The highest BCUT2D eigenvalue weighted by atomic mass is 79.9. The Bertz CT molecular complexity index is 505. The van der Waals surface area contributed by atoms with Gasteiger partial charge in [-0.25, -0.2) is 4.39 Å². The van der Waals surface area contributed by atoms with Gasteiger partial charge in [-0.2, -0.15) is 0 Å². The molecule has 0 spiro atoms. The minimum atomic E-state index is -0.933. The van der Waals surface area contributed by atoms with E-state index in [0.29, 0.717) is 10.9 Å². The van der Waals surface area contributed by atoms with Gasteiger partial charge in [0, 0.05) is 11.0 Å². The molecule has 0 aromatic heterocycles. The molecule has 1 amide bonds. The van der Waals surface area contributed by atoms with Gasteiger partial charge in [0.1, 0.15) is 5.82 Å². The predicted molar refractivity (Wildman–Crippen MR) is 77.0 cm³/mol. The Kier molecular flexibility index (Phi) is 6.13. The van der Waals surface area contributed by atoms with E-state index in [4.69, 9.17) is 5.11 Å². The first-order chi connectivity index (χ1) is 9.31. The SMILES string of the molecule is CC(C)CC(CNC(=O)c1ccc(F)cc1Br)C(=O)O. The second-order valence-electron chi connectivity index (χ2n) is 5.00. The van der Waals surface area contributed by atoms with Crippen molar-refractivity contribution in [2.24, 2.45) is 11.8 Å². The Morgan fingerprint density at radius 3 is 2.55 bits per heavy atom. The quantitative estimate of drug-likeness (QED) is 0.832. The molecule has 1 unspecified atom stereocenters. The summed E-state index contributed by atoms with van der Waals surface area (Å²) in [4.78, 5) is 23.0. The lowest BCUT2D eigenvalue weighted by atomic mass is 9.97. The zero-order chi connectivity index (χ0) is 15.3. The molecule has 2 N–H and O–H groups in total. The molecule has 0 heterocycles. The highest BCUT2D eigenvalue weighted by Crippen LogP contribution is 2.18. The molecule has 0 fully saturated rings. The highest BCUT2D eigenvalue weighted by Gasteiger charge is 2.20. The van der Waals surface area contributed by atoms with Crippen LogP contribution in [0.1, 0.15) is 30.6 Å². The van der Waals surface area contributed by atoms with Gasteiger partial charge in [-0.05, 0) is 46.5 Å². The van der Waals surface area contributed by atoms with Crippen LogP contribution in [-0.2, 0) is 4.79 Å². The van der Waals surface area contributed by atoms with Crippen LogP contribution in [0.15, 0.2) is 22.7 Å². The number of carbonyl (C=O) groups excluding carboxylic acids is 1. The number of carboxylic acid groups (broad SMARTS) is 1. The van der Waals surface area contributed by atoms with Gasteiger partial charge in [-0.3, -0.25) is 9.59 Å². The summed E-state index contributed by atoms with van der Waals surface area (Å²) in [5.41, 5.74) is 0.278. The molecule has 4 nitrogen and oxygen atoms in total. The summed E-state index contributed by atoms with van der Waals surface area (Å²) in [6.45, 7) is 3.90. The summed E-state index contributed by atoms with van der Waals surface area (Å²) in [7, 11) is 0. The third-order valence-corrected chi connectivity index (χ3v) is 3.45. The van der Waals surface area contributed by atoms with Crippen molar-refractivity contribution in [3.8, 4) is 0 Å². The van der Waals surface area contributed by atoms with Gasteiger partial charge < -0.3 is 10.4 Å². The van der Waals surface area contributed by atoms with E-state index in [0.717, 1.165) is 0 Å². The zero-order valence-corrected chi connectivity index (χ0v) is 12.9. The Labute approximate surface area is 125 Å². The number of rotatable bonds is 6. The Balaban J connectivity index is 2.68. The van der Waals surface area contributed by atoms with Crippen molar-refractivity contribution in [3.05, 3.63) is 34.1 Å². The number of carbonyl (C=O) groups is 2. The normalized spacial score (nSPS) is 12.2. The lowest BCUT2D eigenvalue weighted by molar-refractivity contribution is -0.142. The van der Waals surface area contributed by atoms with Crippen LogP contribution in [-0.4, -0.2) is 23.5 Å². The molecular formula is C14H17BrFNO3. The molecule has 20 heavy (non-hydrogen) atoms. The fraction of sp³-hybridized carbons (Fsp3) is 0.429. The molecule has 0 bridgehead atoms. The van der Waals surface area contributed by atoms with E-state index in [1.54, 1.807) is 0 Å². The number of nitrogens with one attached hydrogen (secondary N) is 1. The van der Waals surface area contributed by atoms with Crippen molar-refractivity contribution < 1.29 is 19.1 Å². The number of benzene rings is 1. The molecule has 1 aromatic carbocycles. The van der Waals surface area contributed by atoms with Crippen molar-refractivity contribution in [1.29, 1.82) is 0 Å². The molecule has 0 aliphatic carbocycles. The van der Waals surface area contributed by atoms with Crippen LogP contribution < -0.4 is 5.32 Å². The first-order valence-corrected chi connectivity index (χ1v) is 7.06. The fourth-order valence-electron chi connectivity index (χ4n) is 1.83. The summed E-state index contributed by atoms with van der Waals surface area (Å²) < 4.78 is 13.3. The van der Waals surface area contributed by atoms with Crippen LogP contribution in [0.4, 0.5) is 4.39 Å². The Morgan fingerprint density at radius 2 is 2.05 bits per heavy atom. The zero-order valence-electron chi connectivity index (χ0n) is 11.3. The third kappa shape index (κ3) is 4.92. The first kappa shape index (κ1) is 16.6. The maximum Gasteiger partial charge on any atom is 0.308 e. The summed E-state index contributed by atoms with van der Waals surface area (Å²) in [6.07, 6.45) is 0.486. The van der Waals surface area contributed by atoms with E-state index >= 15 is 0 Å². The minimum absolute atomic E-state index is 0.0517. The van der Waals surface area contributed by atoms with Crippen LogP contribution in [0.25, 0.3) is 0 Å². The van der Waals surface area contributed by atoms with Gasteiger partial charge in [0.2, 0.25) is 0 Å². The van der Waals surface area contributed by atoms with E-state index in [1.165, 1.54) is 18.2 Å². The second kappa shape index (κ2) is 7.38. The monoisotopic (exact) mass is 345 g/mol. The molecule has 1 rings (SSSR count). The summed E-state index contributed by atoms with van der Waals surface area (Å²) in [5.74, 6) is -2.20. The van der Waals surface area contributed by atoms with E-state index in [-0.39, 0.29) is 18.0 Å². The van der Waals surface area contributed by atoms with Gasteiger partial charge in [0.25, 0.3) is 5.91 Å². The largest absolute Gasteiger partial charge is 0.481 e. The molecule has 1 aromatic rings. The lowest BCUT2D eigenvalue weighted by Crippen LogP contribution is -2.33. The first-order valence-electron chi connectivity index (χ1n) is 6.27. The van der Waals surface area contributed by atoms with E-state index in [2.05, 4.69) is 21.2 Å². The summed E-state index contributed by atoms with van der Waals surface area (Å²) in [5, 5.41) is 11.7. The van der Waals surface area contributed by atoms with E-state index in [1.807, 2.05) is 13.8 Å². The van der Waals surface area contributed by atoms with Crippen molar-refractivity contribution in [3.63, 3.8) is 0 Å². The molecule has 6 heteroatoms. The average Bonchev–Trinajstić information content (AvgIpc) is 2.33. The molecule has 1 atom stereocenters. The maximum absolute atomic E-state index is 12.9. The van der Waals surface area contributed by atoms with Gasteiger partial charge in [-0.15, -0.1) is 0 Å². The van der Waals surface area contributed by atoms with Crippen LogP contribution in [0.3, 0.4) is 0 Å². The molecule has 0 radical (unpaired) electrons. The number of aliphatic carboxylic acids is 1. The average molecular weight is 346 g/mol. The topological polar surface area (TPSA) is 66.4 Å². The molecule has 0 aliphatic rings. The van der Waals surface area contributed by atoms with Crippen LogP contribution >= 0.6 is 15.9 Å². The lowest BCUT2D eigenvalue weighted by Gasteiger charge is -2.15. The number of carboxylic acids is 1. The Hall–Kier alpha value is -1.43. The van der Waals surface area contributed by atoms with Gasteiger partial charge in [0.15, 0.2) is 0 Å². The molecular weight excluding hydrogens is 329 g/mol. The highest BCUT2D eigenvalue weighted by molar-refractivity contribution is 9.10. The van der Waals surface area contributed by atoms with E-state index < -0.39 is 23.6 Å². The number of halogens is 2. The number of hydrogen-bond acceptors (Lipinski definition) is 2. The maximum atomic E-state index is 12.9. The van der Waals surface area contributed by atoms with Crippen LogP contribution in [0, 0.1) is 17.7 Å². The van der Waals surface area contributed by atoms with Gasteiger partial charge in [0.05, 0.1) is 11.5 Å². The summed E-state index contributed by atoms with van der Waals surface area (Å²) >= 11 is 3.11. The third-order valence-electron chi connectivity index (χ3n) is 2.79. The second-order valence-corrected chi connectivity index (χ2v) is 5.85. The van der Waals surface area contributed by atoms with E-state index in [9.17, 15) is 14.0 Å². The molecule has 0 saturated heterocycles. The standard InChI is InChI=1S/C14H17BrFNO3/c1-8(2)5-9(14(19)20)7-17-13(18)11-4-3-10(16)6-12(11)15/h3-4,6,8-9H,5,7H2,1-2H3,(H,17,18)(H,19,20). The Morgan fingerprint density at radius 1 is 1.40 bits per heavy atom. The summed E-state index contributed by atoms with van der Waals surface area (Å²) in [6, 6.07) is 3.73. The molecule has 110 valence electrons. The van der Waals surface area contributed by atoms with Crippen molar-refractivity contribution in [2.75, 3.05) is 6.54 Å². The smallest absolute Gasteiger partial charge is 0.308 e. The van der Waals surface area contributed by atoms with Crippen LogP contribution in [0.5, 0.6) is 0 Å². The predicted octanol–water partition coefficient (Wildman–Crippen LogP) is 3.06. The van der Waals surface area contributed by atoms with Gasteiger partial charge >= 0.3 is 5.97 Å². The van der Waals surface area contributed by atoms with Crippen molar-refractivity contribution in [1.82, 2.24) is 5.32 Å². The van der Waals surface area contributed by atoms with Gasteiger partial charge in [-0.1, -0.05) is 13.8 Å².